The van der Waals surface area contributed by atoms with E-state index in [2.05, 4.69) is 72.1 Å². The normalized spacial score (nSPS) is 16.7. The van der Waals surface area contributed by atoms with Gasteiger partial charge in [0.1, 0.15) is 30.3 Å². The van der Waals surface area contributed by atoms with Gasteiger partial charge in [0.15, 0.2) is 0 Å². The summed E-state index contributed by atoms with van der Waals surface area (Å²) < 4.78 is 29.4. The van der Waals surface area contributed by atoms with Crippen LogP contribution in [0.5, 0.6) is 11.5 Å². The molecule has 0 aromatic heterocycles. The molecule has 3 rings (SSSR count). The van der Waals surface area contributed by atoms with Crippen molar-refractivity contribution >= 4 is 23.5 Å². The molecule has 6 nitrogen and oxygen atoms in total. The fourth-order valence-electron chi connectivity index (χ4n) is 4.59. The van der Waals surface area contributed by atoms with E-state index < -0.39 is 6.10 Å². The second kappa shape index (κ2) is 15.0. The largest absolute Gasteiger partial charge is 0.490 e. The Balaban J connectivity index is 1.73. The standard InChI is InChI=1S/C31H46O6S2/c1-20-13-24(14-21(2)28(20)36-18-26(32)17-33-9-11-38-7)31(5,6)25-15-22(3)29(23(4)16-25)37-30(27-19-35-27)34-10-12-39-8/h13-16,26-27,30,32H,9-12,17-19H2,1-8H3. The molecular weight excluding hydrogens is 532 g/mol. The van der Waals surface area contributed by atoms with Crippen molar-refractivity contribution < 1.29 is 28.8 Å². The number of benzene rings is 2. The number of aliphatic hydroxyl groups excluding tert-OH is 1. The summed E-state index contributed by atoms with van der Waals surface area (Å²) >= 11 is 3.48. The minimum Gasteiger partial charge on any atom is -0.490 e. The fraction of sp³-hybridized carbons (Fsp3) is 0.613. The predicted molar refractivity (Wildman–Crippen MR) is 163 cm³/mol. The minimum atomic E-state index is -0.657. The quantitative estimate of drug-likeness (QED) is 0.142. The zero-order chi connectivity index (χ0) is 28.6. The zero-order valence-corrected chi connectivity index (χ0v) is 26.4. The first-order chi connectivity index (χ1) is 18.6. The zero-order valence-electron chi connectivity index (χ0n) is 24.8. The van der Waals surface area contributed by atoms with Crippen molar-refractivity contribution in [2.45, 2.75) is 65.5 Å². The molecule has 8 heteroatoms. The van der Waals surface area contributed by atoms with Crippen LogP contribution in [0.3, 0.4) is 0 Å². The molecule has 1 fully saturated rings. The number of thioether (sulfide) groups is 2. The van der Waals surface area contributed by atoms with Crippen molar-refractivity contribution in [1.29, 1.82) is 0 Å². The molecular formula is C31H46O6S2. The molecule has 39 heavy (non-hydrogen) atoms. The highest BCUT2D eigenvalue weighted by molar-refractivity contribution is 7.98. The molecule has 0 bridgehead atoms. The summed E-state index contributed by atoms with van der Waals surface area (Å²) in [6, 6.07) is 8.83. The Labute approximate surface area is 243 Å². The van der Waals surface area contributed by atoms with Gasteiger partial charge in [0, 0.05) is 16.9 Å². The number of hydrogen-bond donors (Lipinski definition) is 1. The molecule has 0 amide bonds. The van der Waals surface area contributed by atoms with Crippen LogP contribution < -0.4 is 9.47 Å². The predicted octanol–water partition coefficient (Wildman–Crippen LogP) is 5.85. The van der Waals surface area contributed by atoms with Crippen molar-refractivity contribution in [3.05, 3.63) is 57.6 Å². The molecule has 1 aliphatic heterocycles. The summed E-state index contributed by atoms with van der Waals surface area (Å²) in [5.41, 5.74) is 6.47. The molecule has 1 N–H and O–H groups in total. The van der Waals surface area contributed by atoms with Crippen molar-refractivity contribution in [3.8, 4) is 11.5 Å². The molecule has 1 saturated heterocycles. The molecule has 3 unspecified atom stereocenters. The Kier molecular flexibility index (Phi) is 12.3. The highest BCUT2D eigenvalue weighted by Gasteiger charge is 2.36. The average molecular weight is 579 g/mol. The average Bonchev–Trinajstić information content (AvgIpc) is 3.72. The summed E-state index contributed by atoms with van der Waals surface area (Å²) in [6.07, 6.45) is 3.07. The van der Waals surface area contributed by atoms with Crippen LogP contribution in [0.4, 0.5) is 0 Å². The third kappa shape index (κ3) is 9.03. The number of aliphatic hydroxyl groups is 1. The molecule has 0 radical (unpaired) electrons. The van der Waals surface area contributed by atoms with E-state index in [1.165, 1.54) is 11.1 Å². The number of aryl methyl sites for hydroxylation is 4. The second-order valence-corrected chi connectivity index (χ2v) is 12.7. The van der Waals surface area contributed by atoms with E-state index >= 15 is 0 Å². The van der Waals surface area contributed by atoms with Crippen LogP contribution in [0.2, 0.25) is 0 Å². The molecule has 1 heterocycles. The van der Waals surface area contributed by atoms with E-state index in [1.54, 1.807) is 23.5 Å². The molecule has 218 valence electrons. The summed E-state index contributed by atoms with van der Waals surface area (Å²) in [5, 5.41) is 10.3. The van der Waals surface area contributed by atoms with Gasteiger partial charge in [-0.3, -0.25) is 0 Å². The maximum Gasteiger partial charge on any atom is 0.228 e. The Hall–Kier alpha value is -1.42. The monoisotopic (exact) mass is 578 g/mol. The van der Waals surface area contributed by atoms with E-state index in [0.29, 0.717) is 19.8 Å². The maximum absolute atomic E-state index is 10.3. The topological polar surface area (TPSA) is 69.7 Å². The van der Waals surface area contributed by atoms with Gasteiger partial charge in [-0.25, -0.2) is 0 Å². The van der Waals surface area contributed by atoms with Crippen molar-refractivity contribution in [2.75, 3.05) is 57.1 Å². The van der Waals surface area contributed by atoms with Gasteiger partial charge in [0.25, 0.3) is 0 Å². The molecule has 2 aromatic carbocycles. The lowest BCUT2D eigenvalue weighted by atomic mass is 9.76. The molecule has 0 saturated carbocycles. The van der Waals surface area contributed by atoms with Gasteiger partial charge in [-0.1, -0.05) is 38.1 Å². The van der Waals surface area contributed by atoms with Crippen LogP contribution in [-0.2, 0) is 19.6 Å². The summed E-state index contributed by atoms with van der Waals surface area (Å²) in [7, 11) is 0. The SMILES string of the molecule is CSCCOCC(O)COc1c(C)cc(C(C)(C)c2cc(C)c(OC(OCCSC)C3CO3)c(C)c2)cc1C. The molecule has 0 spiro atoms. The third-order valence-electron chi connectivity index (χ3n) is 6.99. The van der Waals surface area contributed by atoms with Crippen LogP contribution >= 0.6 is 23.5 Å². The van der Waals surface area contributed by atoms with Crippen LogP contribution in [0, 0.1) is 27.7 Å². The Morgan fingerprint density at radius 3 is 1.90 bits per heavy atom. The summed E-state index contributed by atoms with van der Waals surface area (Å²) in [4.78, 5) is 0. The Morgan fingerprint density at radius 2 is 1.38 bits per heavy atom. The lowest BCUT2D eigenvalue weighted by molar-refractivity contribution is -0.0893. The van der Waals surface area contributed by atoms with E-state index in [4.69, 9.17) is 23.7 Å². The van der Waals surface area contributed by atoms with E-state index in [1.807, 2.05) is 6.26 Å². The highest BCUT2D eigenvalue weighted by atomic mass is 32.2. The van der Waals surface area contributed by atoms with Crippen LogP contribution in [0.25, 0.3) is 0 Å². The summed E-state index contributed by atoms with van der Waals surface area (Å²) in [5.74, 6) is 3.53. The summed E-state index contributed by atoms with van der Waals surface area (Å²) in [6.45, 7) is 15.2. The van der Waals surface area contributed by atoms with E-state index in [9.17, 15) is 5.11 Å². The van der Waals surface area contributed by atoms with Crippen LogP contribution in [0.15, 0.2) is 24.3 Å². The lowest BCUT2D eigenvalue weighted by Crippen LogP contribution is -2.28. The van der Waals surface area contributed by atoms with Crippen LogP contribution in [-0.4, -0.2) is 80.7 Å². The number of ether oxygens (including phenoxy) is 5. The Bertz CT molecular complexity index is 1020. The first-order valence-corrected chi connectivity index (χ1v) is 16.4. The fourth-order valence-corrected chi connectivity index (χ4v) is 5.13. The minimum absolute atomic E-state index is 0.00209. The van der Waals surface area contributed by atoms with E-state index in [0.717, 1.165) is 45.3 Å². The first kappa shape index (κ1) is 32.1. The third-order valence-corrected chi connectivity index (χ3v) is 8.14. The second-order valence-electron chi connectivity index (χ2n) is 10.8. The van der Waals surface area contributed by atoms with Gasteiger partial charge in [-0.15, -0.1) is 0 Å². The van der Waals surface area contributed by atoms with E-state index in [-0.39, 0.29) is 31.0 Å². The Morgan fingerprint density at radius 1 is 0.872 bits per heavy atom. The van der Waals surface area contributed by atoms with Gasteiger partial charge in [-0.2, -0.15) is 23.5 Å². The highest BCUT2D eigenvalue weighted by Crippen LogP contribution is 2.39. The molecule has 3 atom stereocenters. The lowest BCUT2D eigenvalue weighted by Gasteiger charge is -2.30. The number of epoxide rings is 1. The van der Waals surface area contributed by atoms with Gasteiger partial charge in [-0.05, 0) is 73.6 Å². The van der Waals surface area contributed by atoms with Gasteiger partial charge in [0.05, 0.1) is 26.4 Å². The van der Waals surface area contributed by atoms with Crippen molar-refractivity contribution in [2.24, 2.45) is 0 Å². The smallest absolute Gasteiger partial charge is 0.228 e. The van der Waals surface area contributed by atoms with Crippen molar-refractivity contribution in [3.63, 3.8) is 0 Å². The first-order valence-electron chi connectivity index (χ1n) is 13.6. The van der Waals surface area contributed by atoms with Gasteiger partial charge >= 0.3 is 0 Å². The molecule has 2 aromatic rings. The van der Waals surface area contributed by atoms with Crippen LogP contribution in [0.1, 0.15) is 47.2 Å². The molecule has 1 aliphatic rings. The number of rotatable bonds is 17. The molecule has 0 aliphatic carbocycles. The van der Waals surface area contributed by atoms with Gasteiger partial charge < -0.3 is 28.8 Å². The maximum atomic E-state index is 10.3. The van der Waals surface area contributed by atoms with Gasteiger partial charge in [0.2, 0.25) is 6.29 Å². The van der Waals surface area contributed by atoms with Crippen molar-refractivity contribution in [1.82, 2.24) is 0 Å². The number of hydrogen-bond acceptors (Lipinski definition) is 8.